The highest BCUT2D eigenvalue weighted by molar-refractivity contribution is 7.10. The molecule has 1 aliphatic heterocycles. The summed E-state index contributed by atoms with van der Waals surface area (Å²) in [7, 11) is 3.34. The van der Waals surface area contributed by atoms with Crippen molar-refractivity contribution in [3.8, 4) is 11.5 Å². The van der Waals surface area contributed by atoms with Crippen LogP contribution in [0.1, 0.15) is 47.7 Å². The summed E-state index contributed by atoms with van der Waals surface area (Å²) in [5.41, 5.74) is 2.48. The van der Waals surface area contributed by atoms with Crippen molar-refractivity contribution in [2.75, 3.05) is 27.3 Å². The van der Waals surface area contributed by atoms with Crippen molar-refractivity contribution in [2.24, 2.45) is 0 Å². The molecule has 0 spiro atoms. The van der Waals surface area contributed by atoms with Gasteiger partial charge in [0.15, 0.2) is 11.5 Å². The van der Waals surface area contributed by atoms with Crippen molar-refractivity contribution in [3.05, 3.63) is 45.6 Å². The normalized spacial score (nSPS) is 20.0. The first-order chi connectivity index (χ1) is 13.7. The number of thiophene rings is 1. The minimum atomic E-state index is 0.0675. The molecular formula is C22H28N2O3S. The zero-order chi connectivity index (χ0) is 19.5. The van der Waals surface area contributed by atoms with Crippen LogP contribution in [0.3, 0.4) is 0 Å². The fourth-order valence-corrected chi connectivity index (χ4v) is 5.35. The summed E-state index contributed by atoms with van der Waals surface area (Å²) in [5.74, 6) is 1.64. The highest BCUT2D eigenvalue weighted by Gasteiger charge is 2.32. The Bertz CT molecular complexity index is 815. The van der Waals surface area contributed by atoms with E-state index in [0.717, 1.165) is 37.3 Å². The number of amides is 1. The lowest BCUT2D eigenvalue weighted by Gasteiger charge is -2.37. The molecule has 2 heterocycles. The van der Waals surface area contributed by atoms with Gasteiger partial charge in [-0.25, -0.2) is 0 Å². The number of nitrogens with zero attached hydrogens (tertiary/aromatic N) is 1. The third kappa shape index (κ3) is 3.89. The van der Waals surface area contributed by atoms with Crippen LogP contribution in [0.4, 0.5) is 0 Å². The predicted octanol–water partition coefficient (Wildman–Crippen LogP) is 3.77. The summed E-state index contributed by atoms with van der Waals surface area (Å²) in [6.07, 6.45) is 5.57. The summed E-state index contributed by atoms with van der Waals surface area (Å²) in [5, 5.41) is 5.33. The number of ether oxygens (including phenoxy) is 2. The van der Waals surface area contributed by atoms with Crippen LogP contribution in [0.2, 0.25) is 0 Å². The van der Waals surface area contributed by atoms with Gasteiger partial charge in [-0.2, -0.15) is 0 Å². The molecule has 0 bridgehead atoms. The number of carbonyl (C=O) groups excluding carboxylic acids is 1. The average molecular weight is 401 g/mol. The van der Waals surface area contributed by atoms with Crippen LogP contribution in [0.15, 0.2) is 29.6 Å². The van der Waals surface area contributed by atoms with Gasteiger partial charge < -0.3 is 14.8 Å². The number of methoxy groups -OCH3 is 2. The second kappa shape index (κ2) is 8.53. The minimum absolute atomic E-state index is 0.0675. The van der Waals surface area contributed by atoms with Gasteiger partial charge in [0.1, 0.15) is 0 Å². The summed E-state index contributed by atoms with van der Waals surface area (Å²) >= 11 is 1.73. The van der Waals surface area contributed by atoms with Crippen LogP contribution < -0.4 is 14.8 Å². The third-order valence-corrected chi connectivity index (χ3v) is 6.78. The van der Waals surface area contributed by atoms with E-state index in [9.17, 15) is 4.79 Å². The summed E-state index contributed by atoms with van der Waals surface area (Å²) in [4.78, 5) is 16.3. The molecule has 1 unspecified atom stereocenters. The van der Waals surface area contributed by atoms with Crippen molar-refractivity contribution in [3.63, 3.8) is 0 Å². The van der Waals surface area contributed by atoms with Gasteiger partial charge in [0.2, 0.25) is 5.91 Å². The molecule has 150 valence electrons. The molecule has 28 heavy (non-hydrogen) atoms. The number of nitrogens with one attached hydrogen (secondary N) is 1. The largest absolute Gasteiger partial charge is 0.493 e. The standard InChI is InChI=1S/C22H28N2O3S/c1-26-18-12-15-9-10-24(14-21(25)23-16-6-3-4-7-16)22(20-8-5-11-28-20)17(15)13-19(18)27-2/h5,8,11-13,16,22H,3-4,6-7,9-10,14H2,1-2H3,(H,23,25). The lowest BCUT2D eigenvalue weighted by atomic mass is 9.91. The number of hydrogen-bond donors (Lipinski definition) is 1. The number of hydrogen-bond acceptors (Lipinski definition) is 5. The molecular weight excluding hydrogens is 372 g/mol. The second-order valence-corrected chi connectivity index (χ2v) is 8.57. The van der Waals surface area contributed by atoms with E-state index in [4.69, 9.17) is 9.47 Å². The van der Waals surface area contributed by atoms with E-state index >= 15 is 0 Å². The van der Waals surface area contributed by atoms with Crippen LogP contribution >= 0.6 is 11.3 Å². The molecule has 1 amide bonds. The van der Waals surface area contributed by atoms with Crippen molar-refractivity contribution in [1.29, 1.82) is 0 Å². The monoisotopic (exact) mass is 400 g/mol. The molecule has 2 aromatic rings. The van der Waals surface area contributed by atoms with Gasteiger partial charge in [-0.05, 0) is 54.0 Å². The first-order valence-electron chi connectivity index (χ1n) is 10.0. The minimum Gasteiger partial charge on any atom is -0.493 e. The first-order valence-corrected chi connectivity index (χ1v) is 10.9. The molecule has 0 radical (unpaired) electrons. The van der Waals surface area contributed by atoms with Crippen LogP contribution in [-0.2, 0) is 11.2 Å². The highest BCUT2D eigenvalue weighted by atomic mass is 32.1. The van der Waals surface area contributed by atoms with Crippen molar-refractivity contribution in [1.82, 2.24) is 10.2 Å². The molecule has 0 saturated heterocycles. The molecule has 1 aliphatic carbocycles. The van der Waals surface area contributed by atoms with Gasteiger partial charge in [-0.1, -0.05) is 18.9 Å². The van der Waals surface area contributed by atoms with E-state index in [1.165, 1.54) is 28.8 Å². The Morgan fingerprint density at radius 3 is 2.64 bits per heavy atom. The van der Waals surface area contributed by atoms with Gasteiger partial charge in [-0.3, -0.25) is 9.69 Å². The van der Waals surface area contributed by atoms with Gasteiger partial charge in [0.05, 0.1) is 26.8 Å². The van der Waals surface area contributed by atoms with E-state index in [1.54, 1.807) is 25.6 Å². The number of fused-ring (bicyclic) bond motifs is 1. The van der Waals surface area contributed by atoms with Gasteiger partial charge in [0, 0.05) is 17.5 Å². The maximum absolute atomic E-state index is 12.7. The van der Waals surface area contributed by atoms with Crippen molar-refractivity contribution >= 4 is 17.2 Å². The van der Waals surface area contributed by atoms with Crippen LogP contribution in [0, 0.1) is 0 Å². The van der Waals surface area contributed by atoms with Gasteiger partial charge in [-0.15, -0.1) is 11.3 Å². The molecule has 6 heteroatoms. The second-order valence-electron chi connectivity index (χ2n) is 7.59. The van der Waals surface area contributed by atoms with Crippen molar-refractivity contribution in [2.45, 2.75) is 44.2 Å². The Morgan fingerprint density at radius 1 is 1.21 bits per heavy atom. The molecule has 1 aromatic heterocycles. The molecule has 2 aliphatic rings. The summed E-state index contributed by atoms with van der Waals surface area (Å²) < 4.78 is 11.0. The van der Waals surface area contributed by atoms with E-state index < -0.39 is 0 Å². The number of benzene rings is 1. The van der Waals surface area contributed by atoms with Gasteiger partial charge >= 0.3 is 0 Å². The van der Waals surface area contributed by atoms with Crippen LogP contribution in [0.25, 0.3) is 0 Å². The van der Waals surface area contributed by atoms with E-state index in [2.05, 4.69) is 39.9 Å². The van der Waals surface area contributed by atoms with E-state index in [1.807, 2.05) is 0 Å². The lowest BCUT2D eigenvalue weighted by molar-refractivity contribution is -0.123. The van der Waals surface area contributed by atoms with Crippen LogP contribution in [0.5, 0.6) is 11.5 Å². The average Bonchev–Trinajstić information content (AvgIpc) is 3.40. The Morgan fingerprint density at radius 2 is 1.96 bits per heavy atom. The Labute approximate surface area is 170 Å². The Hall–Kier alpha value is -2.05. The SMILES string of the molecule is COc1cc2c(cc1OC)C(c1cccs1)N(CC(=O)NC1CCCC1)CC2. The predicted molar refractivity (Wildman–Crippen MR) is 111 cm³/mol. The number of carbonyl (C=O) groups is 1. The fourth-order valence-electron chi connectivity index (χ4n) is 4.48. The smallest absolute Gasteiger partial charge is 0.234 e. The molecule has 1 atom stereocenters. The van der Waals surface area contributed by atoms with Crippen LogP contribution in [-0.4, -0.2) is 44.2 Å². The number of rotatable bonds is 6. The summed E-state index contributed by atoms with van der Waals surface area (Å²) in [6, 6.07) is 8.83. The van der Waals surface area contributed by atoms with Gasteiger partial charge in [0.25, 0.3) is 0 Å². The molecule has 4 rings (SSSR count). The quantitative estimate of drug-likeness (QED) is 0.802. The highest BCUT2D eigenvalue weighted by Crippen LogP contribution is 2.42. The fraction of sp³-hybridized carbons (Fsp3) is 0.500. The lowest BCUT2D eigenvalue weighted by Crippen LogP contribution is -2.45. The van der Waals surface area contributed by atoms with Crippen molar-refractivity contribution < 1.29 is 14.3 Å². The maximum atomic E-state index is 12.7. The topological polar surface area (TPSA) is 50.8 Å². The zero-order valence-electron chi connectivity index (χ0n) is 16.6. The molecule has 1 aromatic carbocycles. The molecule has 1 N–H and O–H groups in total. The molecule has 5 nitrogen and oxygen atoms in total. The Kier molecular flexibility index (Phi) is 5.87. The van der Waals surface area contributed by atoms with E-state index in [0.29, 0.717) is 12.6 Å². The zero-order valence-corrected chi connectivity index (χ0v) is 17.4. The summed E-state index contributed by atoms with van der Waals surface area (Å²) in [6.45, 7) is 1.27. The Balaban J connectivity index is 1.62. The first kappa shape index (κ1) is 19.3. The third-order valence-electron chi connectivity index (χ3n) is 5.85. The molecule has 1 saturated carbocycles. The molecule has 1 fully saturated rings. The van der Waals surface area contributed by atoms with E-state index in [-0.39, 0.29) is 11.9 Å². The maximum Gasteiger partial charge on any atom is 0.234 e.